The molecule has 5 aliphatic carbocycles. The third-order valence-corrected chi connectivity index (χ3v) is 7.96. The third-order valence-electron chi connectivity index (χ3n) is 7.96. The Balaban J connectivity index is 1.21. The van der Waals surface area contributed by atoms with Gasteiger partial charge < -0.3 is 15.0 Å². The lowest BCUT2D eigenvalue weighted by Gasteiger charge is -2.55. The van der Waals surface area contributed by atoms with Gasteiger partial charge in [0.1, 0.15) is 5.75 Å². The second kappa shape index (κ2) is 5.52. The highest BCUT2D eigenvalue weighted by atomic mass is 16.5. The largest absolute Gasteiger partial charge is 0.497 e. The minimum Gasteiger partial charge on any atom is -0.497 e. The van der Waals surface area contributed by atoms with Crippen LogP contribution in [0.3, 0.4) is 0 Å². The zero-order valence-corrected chi connectivity index (χ0v) is 16.0. The van der Waals surface area contributed by atoms with Crippen LogP contribution in [0.5, 0.6) is 5.75 Å². The lowest BCUT2D eigenvalue weighted by Crippen LogP contribution is -2.55. The fourth-order valence-electron chi connectivity index (χ4n) is 7.21. The number of aromatic nitrogens is 1. The first-order valence-corrected chi connectivity index (χ1v) is 10.6. The highest BCUT2D eigenvalue weighted by Crippen LogP contribution is 2.60. The molecule has 4 heteroatoms. The molecule has 4 saturated carbocycles. The molecule has 0 radical (unpaired) electrons. The molecule has 4 nitrogen and oxygen atoms in total. The van der Waals surface area contributed by atoms with Crippen molar-refractivity contribution in [3.8, 4) is 5.75 Å². The van der Waals surface area contributed by atoms with Crippen LogP contribution in [-0.4, -0.2) is 24.0 Å². The van der Waals surface area contributed by atoms with Gasteiger partial charge in [-0.2, -0.15) is 0 Å². The molecule has 1 atom stereocenters. The number of methoxy groups -OCH3 is 1. The minimum absolute atomic E-state index is 0.0453. The normalized spacial score (nSPS) is 36.2. The van der Waals surface area contributed by atoms with Crippen molar-refractivity contribution < 1.29 is 9.53 Å². The maximum atomic E-state index is 13.3. The smallest absolute Gasteiger partial charge is 0.226 e. The number of rotatable bonds is 3. The molecule has 4 bridgehead atoms. The summed E-state index contributed by atoms with van der Waals surface area (Å²) in [5.41, 5.74) is 3.77. The first kappa shape index (κ1) is 16.0. The molecular formula is C23H28N2O2. The van der Waals surface area contributed by atoms with Crippen LogP contribution >= 0.6 is 0 Å². The Morgan fingerprint density at radius 1 is 1.11 bits per heavy atom. The number of carbonyl (C=O) groups excluding carboxylic acids is 1. The van der Waals surface area contributed by atoms with Gasteiger partial charge in [-0.25, -0.2) is 0 Å². The van der Waals surface area contributed by atoms with Crippen molar-refractivity contribution in [2.24, 2.45) is 23.2 Å². The highest BCUT2D eigenvalue weighted by molar-refractivity contribution is 5.88. The van der Waals surface area contributed by atoms with Crippen LogP contribution in [0, 0.1) is 23.2 Å². The molecule has 142 valence electrons. The van der Waals surface area contributed by atoms with Gasteiger partial charge in [0.05, 0.1) is 7.11 Å². The van der Waals surface area contributed by atoms with Crippen LogP contribution < -0.4 is 10.1 Å². The summed E-state index contributed by atoms with van der Waals surface area (Å²) >= 11 is 0. The summed E-state index contributed by atoms with van der Waals surface area (Å²) in [6, 6.07) is 6.45. The Morgan fingerprint density at radius 3 is 2.48 bits per heavy atom. The number of amides is 1. The lowest BCUT2D eigenvalue weighted by atomic mass is 9.49. The Hall–Kier alpha value is -1.97. The number of H-pyrrole nitrogens is 1. The van der Waals surface area contributed by atoms with Crippen molar-refractivity contribution in [3.63, 3.8) is 0 Å². The number of nitrogens with one attached hydrogen (secondary N) is 2. The van der Waals surface area contributed by atoms with Gasteiger partial charge >= 0.3 is 0 Å². The van der Waals surface area contributed by atoms with Crippen LogP contribution in [-0.2, 0) is 17.6 Å². The number of aromatic amines is 1. The van der Waals surface area contributed by atoms with Crippen LogP contribution in [0.15, 0.2) is 18.2 Å². The van der Waals surface area contributed by atoms with Crippen molar-refractivity contribution in [2.45, 2.75) is 57.4 Å². The zero-order valence-electron chi connectivity index (χ0n) is 16.0. The van der Waals surface area contributed by atoms with Crippen molar-refractivity contribution in [3.05, 3.63) is 29.5 Å². The average Bonchev–Trinajstić information content (AvgIpc) is 3.17. The lowest BCUT2D eigenvalue weighted by molar-refractivity contribution is -0.147. The van der Waals surface area contributed by atoms with E-state index >= 15 is 0 Å². The molecule has 1 aromatic carbocycles. The summed E-state index contributed by atoms with van der Waals surface area (Å²) in [6.07, 6.45) is 9.43. The summed E-state index contributed by atoms with van der Waals surface area (Å²) in [7, 11) is 1.71. The third kappa shape index (κ3) is 2.38. The molecule has 2 aromatic rings. The van der Waals surface area contributed by atoms with Crippen LogP contribution in [0.2, 0.25) is 0 Å². The van der Waals surface area contributed by atoms with E-state index in [1.165, 1.54) is 41.4 Å². The van der Waals surface area contributed by atoms with E-state index in [1.54, 1.807) is 7.11 Å². The second-order valence-electron chi connectivity index (χ2n) is 9.77. The van der Waals surface area contributed by atoms with Crippen LogP contribution in [0.25, 0.3) is 10.9 Å². The Labute approximate surface area is 160 Å². The molecule has 5 aliphatic rings. The maximum absolute atomic E-state index is 13.3. The standard InChI is InChI=1S/C23H28N2O2/c1-27-17-2-3-20-19(9-17)18-7-16(8-21(18)25-20)24-22(26)23-10-13-4-14(11-23)6-15(5-13)12-23/h2-3,9,13-16,25H,4-8,10-12H2,1H3,(H,24,26). The van der Waals surface area contributed by atoms with E-state index in [0.717, 1.165) is 55.6 Å². The van der Waals surface area contributed by atoms with E-state index in [9.17, 15) is 4.79 Å². The van der Waals surface area contributed by atoms with E-state index in [4.69, 9.17) is 4.74 Å². The first-order valence-electron chi connectivity index (χ1n) is 10.6. The molecule has 1 heterocycles. The van der Waals surface area contributed by atoms with Gasteiger partial charge in [0.2, 0.25) is 5.91 Å². The summed E-state index contributed by atoms with van der Waals surface area (Å²) in [5.74, 6) is 3.70. The molecule has 1 unspecified atom stereocenters. The van der Waals surface area contributed by atoms with Crippen molar-refractivity contribution in [2.75, 3.05) is 7.11 Å². The number of fused-ring (bicyclic) bond motifs is 3. The fourth-order valence-corrected chi connectivity index (χ4v) is 7.21. The Bertz CT molecular complexity index is 893. The molecule has 0 saturated heterocycles. The predicted octanol–water partition coefficient (Wildman–Crippen LogP) is 3.98. The predicted molar refractivity (Wildman–Crippen MR) is 105 cm³/mol. The SMILES string of the molecule is COc1ccc2[nH]c3c(c2c1)CC(NC(=O)C12CC4CC(CC(C4)C1)C2)C3. The summed E-state index contributed by atoms with van der Waals surface area (Å²) < 4.78 is 5.40. The molecular weight excluding hydrogens is 336 g/mol. The molecule has 7 rings (SSSR count). The second-order valence-corrected chi connectivity index (χ2v) is 9.77. The van der Waals surface area contributed by atoms with Crippen LogP contribution in [0.4, 0.5) is 0 Å². The molecule has 1 amide bonds. The summed E-state index contributed by atoms with van der Waals surface area (Å²) in [5, 5.41) is 4.72. The quantitative estimate of drug-likeness (QED) is 0.866. The van der Waals surface area contributed by atoms with E-state index in [-0.39, 0.29) is 11.5 Å². The zero-order chi connectivity index (χ0) is 18.2. The van der Waals surface area contributed by atoms with E-state index in [1.807, 2.05) is 6.07 Å². The number of hydrogen-bond acceptors (Lipinski definition) is 2. The van der Waals surface area contributed by atoms with Gasteiger partial charge in [-0.3, -0.25) is 4.79 Å². The number of benzene rings is 1. The van der Waals surface area contributed by atoms with Gasteiger partial charge in [0.25, 0.3) is 0 Å². The molecule has 27 heavy (non-hydrogen) atoms. The summed E-state index contributed by atoms with van der Waals surface area (Å²) in [4.78, 5) is 16.9. The van der Waals surface area contributed by atoms with Gasteiger partial charge in [-0.05, 0) is 86.5 Å². The summed E-state index contributed by atoms with van der Waals surface area (Å²) in [6.45, 7) is 0. The van der Waals surface area contributed by atoms with E-state index < -0.39 is 0 Å². The van der Waals surface area contributed by atoms with Gasteiger partial charge in [0.15, 0.2) is 0 Å². The van der Waals surface area contributed by atoms with E-state index in [0.29, 0.717) is 5.91 Å². The highest BCUT2D eigenvalue weighted by Gasteiger charge is 2.54. The average molecular weight is 364 g/mol. The van der Waals surface area contributed by atoms with Gasteiger partial charge in [0, 0.05) is 34.5 Å². The molecule has 1 aromatic heterocycles. The monoisotopic (exact) mass is 364 g/mol. The Morgan fingerprint density at radius 2 is 1.81 bits per heavy atom. The van der Waals surface area contributed by atoms with Crippen molar-refractivity contribution in [1.82, 2.24) is 10.3 Å². The Kier molecular flexibility index (Phi) is 3.28. The number of hydrogen-bond donors (Lipinski definition) is 2. The van der Waals surface area contributed by atoms with Crippen molar-refractivity contribution >= 4 is 16.8 Å². The molecule has 4 fully saturated rings. The maximum Gasteiger partial charge on any atom is 0.226 e. The fraction of sp³-hybridized carbons (Fsp3) is 0.609. The van der Waals surface area contributed by atoms with Gasteiger partial charge in [-0.1, -0.05) is 0 Å². The van der Waals surface area contributed by atoms with Crippen molar-refractivity contribution in [1.29, 1.82) is 0 Å². The molecule has 0 spiro atoms. The molecule has 0 aliphatic heterocycles. The number of ether oxygens (including phenoxy) is 1. The minimum atomic E-state index is -0.0453. The van der Waals surface area contributed by atoms with E-state index in [2.05, 4.69) is 22.4 Å². The van der Waals surface area contributed by atoms with Crippen LogP contribution in [0.1, 0.15) is 49.8 Å². The van der Waals surface area contributed by atoms with Gasteiger partial charge in [-0.15, -0.1) is 0 Å². The topological polar surface area (TPSA) is 54.1 Å². The first-order chi connectivity index (χ1) is 13.1. The number of carbonyl (C=O) groups is 1. The molecule has 2 N–H and O–H groups in total.